The van der Waals surface area contributed by atoms with Gasteiger partial charge in [-0.05, 0) is 24.1 Å². The number of urea groups is 1. The Bertz CT molecular complexity index is 664. The summed E-state index contributed by atoms with van der Waals surface area (Å²) in [5, 5.41) is 8.32. The SMILES string of the molecule is O=C(NCCc1cc(Cl)c2c(c1)OCCO2)Nc1nccs1. The van der Waals surface area contributed by atoms with E-state index in [0.29, 0.717) is 47.8 Å². The van der Waals surface area contributed by atoms with E-state index in [9.17, 15) is 4.79 Å². The Labute approximate surface area is 136 Å². The van der Waals surface area contributed by atoms with Gasteiger partial charge in [-0.1, -0.05) is 11.6 Å². The Morgan fingerprint density at radius 2 is 2.23 bits per heavy atom. The molecule has 1 aromatic heterocycles. The van der Waals surface area contributed by atoms with E-state index >= 15 is 0 Å². The van der Waals surface area contributed by atoms with Crippen molar-refractivity contribution in [1.82, 2.24) is 10.3 Å². The van der Waals surface area contributed by atoms with E-state index in [-0.39, 0.29) is 6.03 Å². The summed E-state index contributed by atoms with van der Waals surface area (Å²) in [4.78, 5) is 15.7. The van der Waals surface area contributed by atoms with Gasteiger partial charge in [0.2, 0.25) is 0 Å². The van der Waals surface area contributed by atoms with E-state index in [4.69, 9.17) is 21.1 Å². The van der Waals surface area contributed by atoms with Gasteiger partial charge in [-0.15, -0.1) is 11.3 Å². The van der Waals surface area contributed by atoms with Crippen LogP contribution in [0.3, 0.4) is 0 Å². The topological polar surface area (TPSA) is 72.5 Å². The molecule has 0 aliphatic carbocycles. The molecular formula is C14H14ClN3O3S. The number of hydrogen-bond acceptors (Lipinski definition) is 5. The number of benzene rings is 1. The number of carbonyl (C=O) groups is 1. The lowest BCUT2D eigenvalue weighted by molar-refractivity contribution is 0.171. The van der Waals surface area contributed by atoms with E-state index in [2.05, 4.69) is 15.6 Å². The first-order valence-corrected chi connectivity index (χ1v) is 8.00. The second kappa shape index (κ2) is 6.85. The summed E-state index contributed by atoms with van der Waals surface area (Å²) in [6, 6.07) is 3.44. The summed E-state index contributed by atoms with van der Waals surface area (Å²) in [6.45, 7) is 1.50. The van der Waals surface area contributed by atoms with Gasteiger partial charge >= 0.3 is 6.03 Å². The van der Waals surface area contributed by atoms with Crippen LogP contribution >= 0.6 is 22.9 Å². The van der Waals surface area contributed by atoms with E-state index in [1.54, 1.807) is 11.6 Å². The normalized spacial score (nSPS) is 12.8. The second-order valence-corrected chi connectivity index (χ2v) is 5.87. The number of halogens is 1. The van der Waals surface area contributed by atoms with Gasteiger partial charge in [-0.3, -0.25) is 5.32 Å². The summed E-state index contributed by atoms with van der Waals surface area (Å²) in [5.41, 5.74) is 0.976. The van der Waals surface area contributed by atoms with E-state index in [0.717, 1.165) is 5.56 Å². The molecule has 2 N–H and O–H groups in total. The van der Waals surface area contributed by atoms with Crippen LogP contribution in [0.25, 0.3) is 0 Å². The largest absolute Gasteiger partial charge is 0.486 e. The number of aromatic nitrogens is 1. The molecule has 0 saturated carbocycles. The molecule has 2 amide bonds. The molecule has 1 aliphatic heterocycles. The van der Waals surface area contributed by atoms with Crippen molar-refractivity contribution in [2.45, 2.75) is 6.42 Å². The van der Waals surface area contributed by atoms with Gasteiger partial charge in [0.25, 0.3) is 0 Å². The lowest BCUT2D eigenvalue weighted by atomic mass is 10.1. The number of anilines is 1. The van der Waals surface area contributed by atoms with Crippen molar-refractivity contribution in [3.05, 3.63) is 34.3 Å². The summed E-state index contributed by atoms with van der Waals surface area (Å²) in [6.07, 6.45) is 2.28. The van der Waals surface area contributed by atoms with Gasteiger partial charge < -0.3 is 14.8 Å². The maximum atomic E-state index is 11.7. The van der Waals surface area contributed by atoms with Crippen LogP contribution in [0.2, 0.25) is 5.02 Å². The average molecular weight is 340 g/mol. The fourth-order valence-electron chi connectivity index (χ4n) is 2.06. The minimum atomic E-state index is -0.279. The fourth-order valence-corrected chi connectivity index (χ4v) is 2.87. The smallest absolute Gasteiger partial charge is 0.321 e. The summed E-state index contributed by atoms with van der Waals surface area (Å²) >= 11 is 7.54. The van der Waals surface area contributed by atoms with Crippen molar-refractivity contribution in [3.63, 3.8) is 0 Å². The number of amides is 2. The van der Waals surface area contributed by atoms with Crippen LogP contribution in [0.15, 0.2) is 23.7 Å². The second-order valence-electron chi connectivity index (χ2n) is 4.57. The molecule has 0 saturated heterocycles. The minimum absolute atomic E-state index is 0.279. The van der Waals surface area contributed by atoms with Gasteiger partial charge in [0, 0.05) is 18.1 Å². The first-order chi connectivity index (χ1) is 10.7. The van der Waals surface area contributed by atoms with Crippen molar-refractivity contribution in [2.24, 2.45) is 0 Å². The molecule has 0 spiro atoms. The van der Waals surface area contributed by atoms with Gasteiger partial charge in [-0.25, -0.2) is 9.78 Å². The number of rotatable bonds is 4. The fraction of sp³-hybridized carbons (Fsp3) is 0.286. The van der Waals surface area contributed by atoms with Crippen LogP contribution in [0.4, 0.5) is 9.93 Å². The molecule has 1 aromatic carbocycles. The third-order valence-electron chi connectivity index (χ3n) is 3.01. The van der Waals surface area contributed by atoms with Crippen molar-refractivity contribution in [1.29, 1.82) is 0 Å². The molecule has 0 radical (unpaired) electrons. The highest BCUT2D eigenvalue weighted by atomic mass is 35.5. The number of nitrogens with one attached hydrogen (secondary N) is 2. The third kappa shape index (κ3) is 3.61. The van der Waals surface area contributed by atoms with Crippen molar-refractivity contribution in [3.8, 4) is 11.5 Å². The maximum absolute atomic E-state index is 11.7. The predicted octanol–water partition coefficient (Wildman–Crippen LogP) is 2.93. The molecule has 1 aliphatic rings. The molecule has 3 rings (SSSR count). The highest BCUT2D eigenvalue weighted by Gasteiger charge is 2.16. The van der Waals surface area contributed by atoms with Crippen molar-refractivity contribution >= 4 is 34.1 Å². The molecule has 22 heavy (non-hydrogen) atoms. The molecular weight excluding hydrogens is 326 g/mol. The van der Waals surface area contributed by atoms with E-state index in [1.807, 2.05) is 12.1 Å². The quantitative estimate of drug-likeness (QED) is 0.898. The van der Waals surface area contributed by atoms with Crippen LogP contribution in [-0.4, -0.2) is 30.8 Å². The highest BCUT2D eigenvalue weighted by Crippen LogP contribution is 2.38. The highest BCUT2D eigenvalue weighted by molar-refractivity contribution is 7.13. The lowest BCUT2D eigenvalue weighted by Crippen LogP contribution is -2.30. The Morgan fingerprint density at radius 3 is 3.05 bits per heavy atom. The van der Waals surface area contributed by atoms with Crippen LogP contribution in [0.5, 0.6) is 11.5 Å². The molecule has 0 bridgehead atoms. The number of nitrogens with zero attached hydrogens (tertiary/aromatic N) is 1. The van der Waals surface area contributed by atoms with Gasteiger partial charge in [0.15, 0.2) is 16.6 Å². The monoisotopic (exact) mass is 339 g/mol. The zero-order valence-corrected chi connectivity index (χ0v) is 13.2. The molecule has 2 aromatic rings. The summed E-state index contributed by atoms with van der Waals surface area (Å²) in [5.74, 6) is 1.24. The molecule has 6 nitrogen and oxygen atoms in total. The Balaban J connectivity index is 1.53. The first kappa shape index (κ1) is 14.9. The van der Waals surface area contributed by atoms with Gasteiger partial charge in [-0.2, -0.15) is 0 Å². The zero-order chi connectivity index (χ0) is 15.4. The van der Waals surface area contributed by atoms with E-state index in [1.165, 1.54) is 11.3 Å². The van der Waals surface area contributed by atoms with Crippen LogP contribution < -0.4 is 20.1 Å². The van der Waals surface area contributed by atoms with E-state index < -0.39 is 0 Å². The summed E-state index contributed by atoms with van der Waals surface area (Å²) < 4.78 is 11.0. The maximum Gasteiger partial charge on any atom is 0.321 e. The molecule has 8 heteroatoms. The molecule has 2 heterocycles. The van der Waals surface area contributed by atoms with Gasteiger partial charge in [0.1, 0.15) is 13.2 Å². The van der Waals surface area contributed by atoms with Crippen LogP contribution in [0.1, 0.15) is 5.56 Å². The molecule has 0 atom stereocenters. The average Bonchev–Trinajstić information content (AvgIpc) is 3.00. The third-order valence-corrected chi connectivity index (χ3v) is 3.98. The van der Waals surface area contributed by atoms with Crippen LogP contribution in [0, 0.1) is 0 Å². The number of fused-ring (bicyclic) bond motifs is 1. The Kier molecular flexibility index (Phi) is 4.65. The summed E-state index contributed by atoms with van der Waals surface area (Å²) in [7, 11) is 0. The van der Waals surface area contributed by atoms with Crippen LogP contribution in [-0.2, 0) is 6.42 Å². The first-order valence-electron chi connectivity index (χ1n) is 6.75. The Hall–Kier alpha value is -1.99. The standard InChI is InChI=1S/C14H14ClN3O3S/c15-10-7-9(8-11-12(10)21-5-4-20-11)1-2-16-13(19)18-14-17-3-6-22-14/h3,6-8H,1-2,4-5H2,(H2,16,17,18,19). The number of hydrogen-bond donors (Lipinski definition) is 2. The van der Waals surface area contributed by atoms with Crippen molar-refractivity contribution < 1.29 is 14.3 Å². The Morgan fingerprint density at radius 1 is 1.36 bits per heavy atom. The van der Waals surface area contributed by atoms with Crippen molar-refractivity contribution in [2.75, 3.05) is 25.1 Å². The number of carbonyl (C=O) groups excluding carboxylic acids is 1. The zero-order valence-electron chi connectivity index (χ0n) is 11.6. The number of ether oxygens (including phenoxy) is 2. The minimum Gasteiger partial charge on any atom is -0.486 e. The molecule has 0 fully saturated rings. The predicted molar refractivity (Wildman–Crippen MR) is 85.3 cm³/mol. The van der Waals surface area contributed by atoms with Gasteiger partial charge in [0.05, 0.1) is 5.02 Å². The molecule has 0 unspecified atom stereocenters. The number of thiazole rings is 1. The molecule has 116 valence electrons. The lowest BCUT2D eigenvalue weighted by Gasteiger charge is -2.20.